The van der Waals surface area contributed by atoms with Crippen molar-refractivity contribution in [3.05, 3.63) is 27.7 Å². The van der Waals surface area contributed by atoms with Gasteiger partial charge in [0.25, 0.3) is 0 Å². The minimum Gasteiger partial charge on any atom is -0.382 e. The van der Waals surface area contributed by atoms with Crippen LogP contribution in [0.2, 0.25) is 5.02 Å². The predicted octanol–water partition coefficient (Wildman–Crippen LogP) is 5.64. The van der Waals surface area contributed by atoms with E-state index in [1.165, 1.54) is 0 Å². The third kappa shape index (κ3) is 5.96. The van der Waals surface area contributed by atoms with Crippen LogP contribution in [0.5, 0.6) is 0 Å². The fraction of sp³-hybridized carbons (Fsp3) is 0.500. The average molecular weight is 345 g/mol. The van der Waals surface area contributed by atoms with Crippen molar-refractivity contribution in [2.24, 2.45) is 0 Å². The molecule has 6 heteroatoms. The molecule has 0 saturated heterocycles. The Balaban J connectivity index is 2.44. The van der Waals surface area contributed by atoms with Gasteiger partial charge in [0.15, 0.2) is 0 Å². The lowest BCUT2D eigenvalue weighted by Gasteiger charge is -2.17. The van der Waals surface area contributed by atoms with Crippen molar-refractivity contribution in [2.75, 3.05) is 5.32 Å². The van der Waals surface area contributed by atoms with Gasteiger partial charge in [-0.15, -0.1) is 0 Å². The number of anilines is 1. The quantitative estimate of drug-likeness (QED) is 0.729. The molecule has 1 N–H and O–H groups in total. The van der Waals surface area contributed by atoms with Gasteiger partial charge in [0.1, 0.15) is 0 Å². The number of halogens is 5. The number of benzene rings is 1. The van der Waals surface area contributed by atoms with Gasteiger partial charge >= 0.3 is 6.18 Å². The predicted molar refractivity (Wildman–Crippen MR) is 72.1 cm³/mol. The molecule has 18 heavy (non-hydrogen) atoms. The largest absolute Gasteiger partial charge is 0.389 e. The Morgan fingerprint density at radius 3 is 2.67 bits per heavy atom. The first kappa shape index (κ1) is 15.6. The lowest BCUT2D eigenvalue weighted by atomic mass is 10.1. The zero-order valence-electron chi connectivity index (χ0n) is 9.82. The second-order valence-electron chi connectivity index (χ2n) is 4.18. The van der Waals surface area contributed by atoms with E-state index in [4.69, 9.17) is 11.6 Å². The lowest BCUT2D eigenvalue weighted by Crippen LogP contribution is -2.17. The highest BCUT2D eigenvalue weighted by atomic mass is 79.9. The van der Waals surface area contributed by atoms with Gasteiger partial charge in [0.05, 0.1) is 5.69 Å². The fourth-order valence-electron chi connectivity index (χ4n) is 1.55. The standard InChI is InChI=1S/C12H14BrClF3N/c1-8(3-2-6-12(15,16)17)18-11-7-9(14)4-5-10(11)13/h4-5,7-8,18H,2-3,6H2,1H3. The zero-order valence-corrected chi connectivity index (χ0v) is 12.2. The van der Waals surface area contributed by atoms with E-state index in [9.17, 15) is 13.2 Å². The minimum absolute atomic E-state index is 0.0397. The van der Waals surface area contributed by atoms with Crippen molar-refractivity contribution < 1.29 is 13.2 Å². The molecule has 0 aliphatic carbocycles. The van der Waals surface area contributed by atoms with Crippen LogP contribution in [0.25, 0.3) is 0 Å². The molecule has 102 valence electrons. The summed E-state index contributed by atoms with van der Waals surface area (Å²) in [5, 5.41) is 3.72. The summed E-state index contributed by atoms with van der Waals surface area (Å²) in [6, 6.07) is 5.24. The van der Waals surface area contributed by atoms with Gasteiger partial charge in [-0.25, -0.2) is 0 Å². The summed E-state index contributed by atoms with van der Waals surface area (Å²) in [7, 11) is 0. The molecule has 0 radical (unpaired) electrons. The van der Waals surface area contributed by atoms with E-state index in [0.717, 1.165) is 10.2 Å². The molecule has 0 bridgehead atoms. The van der Waals surface area contributed by atoms with Crippen LogP contribution in [-0.4, -0.2) is 12.2 Å². The summed E-state index contributed by atoms with van der Waals surface area (Å²) in [6.45, 7) is 1.85. The first-order valence-electron chi connectivity index (χ1n) is 5.56. The number of nitrogens with one attached hydrogen (secondary N) is 1. The van der Waals surface area contributed by atoms with Crippen molar-refractivity contribution in [3.8, 4) is 0 Å². The van der Waals surface area contributed by atoms with Gasteiger partial charge in [-0.2, -0.15) is 13.2 Å². The topological polar surface area (TPSA) is 12.0 Å². The van der Waals surface area contributed by atoms with Crippen LogP contribution >= 0.6 is 27.5 Å². The Kier molecular flexibility index (Phi) is 5.79. The minimum atomic E-state index is -4.07. The van der Waals surface area contributed by atoms with E-state index < -0.39 is 12.6 Å². The van der Waals surface area contributed by atoms with Crippen LogP contribution in [0.4, 0.5) is 18.9 Å². The molecule has 1 aromatic carbocycles. The molecule has 0 aliphatic rings. The van der Waals surface area contributed by atoms with Gasteiger partial charge in [-0.05, 0) is 53.9 Å². The number of rotatable bonds is 5. The second-order valence-corrected chi connectivity index (χ2v) is 5.47. The van der Waals surface area contributed by atoms with Crippen LogP contribution in [0.3, 0.4) is 0 Å². The van der Waals surface area contributed by atoms with Crippen LogP contribution in [0, 0.1) is 0 Å². The number of alkyl halides is 3. The normalized spacial score (nSPS) is 13.4. The SMILES string of the molecule is CC(CCCC(F)(F)F)Nc1cc(Cl)ccc1Br. The van der Waals surface area contributed by atoms with E-state index in [-0.39, 0.29) is 12.5 Å². The van der Waals surface area contributed by atoms with E-state index in [1.54, 1.807) is 18.2 Å². The summed E-state index contributed by atoms with van der Waals surface area (Å²) in [5.74, 6) is 0. The monoisotopic (exact) mass is 343 g/mol. The zero-order chi connectivity index (χ0) is 13.8. The van der Waals surface area contributed by atoms with Crippen molar-refractivity contribution in [2.45, 2.75) is 38.4 Å². The van der Waals surface area contributed by atoms with Gasteiger partial charge in [0.2, 0.25) is 0 Å². The molecular weight excluding hydrogens is 330 g/mol. The van der Waals surface area contributed by atoms with E-state index in [0.29, 0.717) is 11.4 Å². The van der Waals surface area contributed by atoms with Gasteiger partial charge in [0, 0.05) is 22.0 Å². The fourth-order valence-corrected chi connectivity index (χ4v) is 2.09. The highest BCUT2D eigenvalue weighted by Crippen LogP contribution is 2.28. The Morgan fingerprint density at radius 1 is 1.39 bits per heavy atom. The summed E-state index contributed by atoms with van der Waals surface area (Å²) in [5.41, 5.74) is 0.794. The average Bonchev–Trinajstić information content (AvgIpc) is 2.21. The van der Waals surface area contributed by atoms with Crippen LogP contribution in [0.15, 0.2) is 22.7 Å². The van der Waals surface area contributed by atoms with E-state index in [1.807, 2.05) is 6.92 Å². The molecule has 0 fully saturated rings. The number of hydrogen-bond donors (Lipinski definition) is 1. The van der Waals surface area contributed by atoms with Crippen LogP contribution in [0.1, 0.15) is 26.2 Å². The summed E-state index contributed by atoms with van der Waals surface area (Å²) in [6.07, 6.45) is -4.24. The second kappa shape index (κ2) is 6.66. The summed E-state index contributed by atoms with van der Waals surface area (Å²) < 4.78 is 36.9. The maximum Gasteiger partial charge on any atom is 0.389 e. The van der Waals surface area contributed by atoms with Crippen molar-refractivity contribution in [1.29, 1.82) is 0 Å². The summed E-state index contributed by atoms with van der Waals surface area (Å²) in [4.78, 5) is 0. The molecule has 1 aromatic rings. The third-order valence-electron chi connectivity index (χ3n) is 2.43. The first-order valence-corrected chi connectivity index (χ1v) is 6.73. The Morgan fingerprint density at radius 2 is 2.06 bits per heavy atom. The molecule has 0 spiro atoms. The molecule has 0 aliphatic heterocycles. The van der Waals surface area contributed by atoms with Crippen molar-refractivity contribution in [3.63, 3.8) is 0 Å². The Hall–Kier alpha value is -0.420. The molecule has 1 atom stereocenters. The van der Waals surface area contributed by atoms with E-state index >= 15 is 0 Å². The summed E-state index contributed by atoms with van der Waals surface area (Å²) >= 11 is 9.21. The molecule has 1 rings (SSSR count). The van der Waals surface area contributed by atoms with Gasteiger partial charge in [-0.3, -0.25) is 0 Å². The molecule has 0 amide bonds. The maximum absolute atomic E-state index is 12.0. The highest BCUT2D eigenvalue weighted by molar-refractivity contribution is 9.10. The van der Waals surface area contributed by atoms with Crippen LogP contribution < -0.4 is 5.32 Å². The van der Waals surface area contributed by atoms with E-state index in [2.05, 4.69) is 21.2 Å². The third-order valence-corrected chi connectivity index (χ3v) is 3.35. The maximum atomic E-state index is 12.0. The molecule has 1 nitrogen and oxygen atoms in total. The number of hydrogen-bond acceptors (Lipinski definition) is 1. The molecule has 1 unspecified atom stereocenters. The Bertz CT molecular complexity index is 395. The van der Waals surface area contributed by atoms with Crippen molar-refractivity contribution in [1.82, 2.24) is 0 Å². The molecule has 0 heterocycles. The molecule has 0 saturated carbocycles. The smallest absolute Gasteiger partial charge is 0.382 e. The lowest BCUT2D eigenvalue weighted by molar-refractivity contribution is -0.135. The Labute approximate surface area is 118 Å². The highest BCUT2D eigenvalue weighted by Gasteiger charge is 2.26. The first-order chi connectivity index (χ1) is 8.28. The molecule has 0 aromatic heterocycles. The van der Waals surface area contributed by atoms with Crippen molar-refractivity contribution >= 4 is 33.2 Å². The van der Waals surface area contributed by atoms with Gasteiger partial charge < -0.3 is 5.32 Å². The van der Waals surface area contributed by atoms with Crippen LogP contribution in [-0.2, 0) is 0 Å². The van der Waals surface area contributed by atoms with Gasteiger partial charge in [-0.1, -0.05) is 11.6 Å². The molecular formula is C12H14BrClF3N.